The molecular weight excluding hydrogens is 356 g/mol. The van der Waals surface area contributed by atoms with Crippen LogP contribution in [-0.4, -0.2) is 71.5 Å². The van der Waals surface area contributed by atoms with Gasteiger partial charge in [-0.1, -0.05) is 18.9 Å². The summed E-state index contributed by atoms with van der Waals surface area (Å²) in [6, 6.07) is 6.37. The Bertz CT molecular complexity index is 643. The lowest BCUT2D eigenvalue weighted by Gasteiger charge is -2.35. The molecule has 1 aromatic rings. The van der Waals surface area contributed by atoms with Gasteiger partial charge in [-0.3, -0.25) is 9.89 Å². The molecule has 156 valence electrons. The molecule has 1 aromatic carbocycles. The molecule has 1 saturated heterocycles. The van der Waals surface area contributed by atoms with Crippen LogP contribution in [0.5, 0.6) is 11.5 Å². The van der Waals surface area contributed by atoms with Gasteiger partial charge in [0, 0.05) is 33.2 Å². The van der Waals surface area contributed by atoms with Crippen molar-refractivity contribution in [2.24, 2.45) is 10.9 Å². The summed E-state index contributed by atoms with van der Waals surface area (Å²) in [5, 5.41) is 6.95. The Morgan fingerprint density at radius 1 is 1.18 bits per heavy atom. The van der Waals surface area contributed by atoms with Crippen LogP contribution in [0.4, 0.5) is 0 Å². The van der Waals surface area contributed by atoms with E-state index >= 15 is 0 Å². The zero-order valence-electron chi connectivity index (χ0n) is 17.4. The number of nitrogens with zero attached hydrogens (tertiary/aromatic N) is 2. The minimum absolute atomic E-state index is 0.200. The predicted octanol–water partition coefficient (Wildman–Crippen LogP) is 2.04. The first-order valence-electron chi connectivity index (χ1n) is 10.2. The first-order valence-corrected chi connectivity index (χ1v) is 10.2. The summed E-state index contributed by atoms with van der Waals surface area (Å²) in [4.78, 5) is 6.84. The van der Waals surface area contributed by atoms with E-state index in [-0.39, 0.29) is 6.04 Å². The molecule has 0 bridgehead atoms. The standard InChI is InChI=1S/C21H34N4O3/c1-22-21(23-9-8-16-4-5-16)24-15-18(25-10-12-28-13-11-25)17-6-7-19(26-2)20(14-17)27-3/h6-7,14,16,18H,4-5,8-13,15H2,1-3H3,(H2,22,23,24). The fraction of sp³-hybridized carbons (Fsp3) is 0.667. The van der Waals surface area contributed by atoms with Gasteiger partial charge in [0.05, 0.1) is 33.5 Å². The maximum absolute atomic E-state index is 5.55. The summed E-state index contributed by atoms with van der Waals surface area (Å²) in [5.41, 5.74) is 1.19. The molecule has 7 nitrogen and oxygen atoms in total. The summed E-state index contributed by atoms with van der Waals surface area (Å²) in [5.74, 6) is 3.28. The van der Waals surface area contributed by atoms with Gasteiger partial charge in [-0.05, 0) is 30.0 Å². The molecule has 1 heterocycles. The highest BCUT2D eigenvalue weighted by Crippen LogP contribution is 2.32. The van der Waals surface area contributed by atoms with E-state index in [1.807, 2.05) is 13.1 Å². The minimum Gasteiger partial charge on any atom is -0.493 e. The van der Waals surface area contributed by atoms with Crippen LogP contribution in [0.1, 0.15) is 30.9 Å². The van der Waals surface area contributed by atoms with Crippen molar-refractivity contribution in [1.82, 2.24) is 15.5 Å². The monoisotopic (exact) mass is 390 g/mol. The molecule has 2 N–H and O–H groups in total. The molecule has 2 fully saturated rings. The van der Waals surface area contributed by atoms with Gasteiger partial charge in [0.1, 0.15) is 0 Å². The van der Waals surface area contributed by atoms with Crippen LogP contribution in [0.3, 0.4) is 0 Å². The smallest absolute Gasteiger partial charge is 0.191 e. The molecule has 1 unspecified atom stereocenters. The van der Waals surface area contributed by atoms with Gasteiger partial charge in [-0.25, -0.2) is 0 Å². The third-order valence-corrected chi connectivity index (χ3v) is 5.51. The van der Waals surface area contributed by atoms with Gasteiger partial charge in [0.25, 0.3) is 0 Å². The lowest BCUT2D eigenvalue weighted by molar-refractivity contribution is 0.0169. The summed E-state index contributed by atoms with van der Waals surface area (Å²) in [6.45, 7) is 5.08. The highest BCUT2D eigenvalue weighted by molar-refractivity contribution is 5.79. The maximum Gasteiger partial charge on any atom is 0.191 e. The lowest BCUT2D eigenvalue weighted by atomic mass is 10.0. The largest absolute Gasteiger partial charge is 0.493 e. The Labute approximate surface area is 168 Å². The zero-order valence-corrected chi connectivity index (χ0v) is 17.4. The van der Waals surface area contributed by atoms with Crippen molar-refractivity contribution in [3.05, 3.63) is 23.8 Å². The predicted molar refractivity (Wildman–Crippen MR) is 111 cm³/mol. The Balaban J connectivity index is 1.67. The van der Waals surface area contributed by atoms with E-state index in [0.29, 0.717) is 0 Å². The molecular formula is C21H34N4O3. The first-order chi connectivity index (χ1) is 13.7. The van der Waals surface area contributed by atoms with Crippen molar-refractivity contribution in [3.63, 3.8) is 0 Å². The molecule has 28 heavy (non-hydrogen) atoms. The number of benzene rings is 1. The molecule has 1 aliphatic carbocycles. The van der Waals surface area contributed by atoms with Gasteiger partial charge in [0.2, 0.25) is 0 Å². The van der Waals surface area contributed by atoms with Crippen LogP contribution < -0.4 is 20.1 Å². The van der Waals surface area contributed by atoms with Crippen molar-refractivity contribution in [2.75, 3.05) is 60.7 Å². The van der Waals surface area contributed by atoms with Crippen LogP contribution in [0.25, 0.3) is 0 Å². The molecule has 2 aliphatic rings. The number of methoxy groups -OCH3 is 2. The lowest BCUT2D eigenvalue weighted by Crippen LogP contribution is -2.46. The van der Waals surface area contributed by atoms with E-state index in [9.17, 15) is 0 Å². The third kappa shape index (κ3) is 5.75. The number of morpholine rings is 1. The van der Waals surface area contributed by atoms with Gasteiger partial charge in [0.15, 0.2) is 17.5 Å². The Morgan fingerprint density at radius 2 is 1.93 bits per heavy atom. The van der Waals surface area contributed by atoms with Crippen molar-refractivity contribution in [2.45, 2.75) is 25.3 Å². The summed E-state index contributed by atoms with van der Waals surface area (Å²) in [7, 11) is 5.16. The summed E-state index contributed by atoms with van der Waals surface area (Å²) in [6.07, 6.45) is 3.99. The molecule has 3 rings (SSSR count). The van der Waals surface area contributed by atoms with Crippen molar-refractivity contribution in [3.8, 4) is 11.5 Å². The van der Waals surface area contributed by atoms with E-state index in [4.69, 9.17) is 14.2 Å². The SMILES string of the molecule is CN=C(NCCC1CC1)NCC(c1ccc(OC)c(OC)c1)N1CCOCC1. The number of nitrogens with one attached hydrogen (secondary N) is 2. The van der Waals surface area contributed by atoms with Crippen LogP contribution >= 0.6 is 0 Å². The summed E-state index contributed by atoms with van der Waals surface area (Å²) < 4.78 is 16.5. The number of guanidine groups is 1. The number of aliphatic imine (C=N–C) groups is 1. The number of hydrogen-bond acceptors (Lipinski definition) is 5. The van der Waals surface area contributed by atoms with E-state index in [1.54, 1.807) is 14.2 Å². The average Bonchev–Trinajstić information content (AvgIpc) is 3.57. The topological polar surface area (TPSA) is 67.4 Å². The number of hydrogen-bond donors (Lipinski definition) is 2. The Hall–Kier alpha value is -1.99. The first kappa shape index (κ1) is 20.7. The second-order valence-corrected chi connectivity index (χ2v) is 7.39. The van der Waals surface area contributed by atoms with Crippen molar-refractivity contribution < 1.29 is 14.2 Å². The van der Waals surface area contributed by atoms with E-state index in [0.717, 1.165) is 62.8 Å². The number of rotatable bonds is 9. The van der Waals surface area contributed by atoms with Crippen LogP contribution in [0, 0.1) is 5.92 Å². The normalized spacial score (nSPS) is 19.2. The highest BCUT2D eigenvalue weighted by Gasteiger charge is 2.24. The van der Waals surface area contributed by atoms with Gasteiger partial charge >= 0.3 is 0 Å². The summed E-state index contributed by atoms with van der Waals surface area (Å²) >= 11 is 0. The van der Waals surface area contributed by atoms with Gasteiger partial charge in [-0.15, -0.1) is 0 Å². The second kappa shape index (κ2) is 10.5. The van der Waals surface area contributed by atoms with Gasteiger partial charge < -0.3 is 24.8 Å². The second-order valence-electron chi connectivity index (χ2n) is 7.39. The van der Waals surface area contributed by atoms with Crippen LogP contribution in [-0.2, 0) is 4.74 Å². The molecule has 1 aliphatic heterocycles. The molecule has 1 atom stereocenters. The van der Waals surface area contributed by atoms with Crippen molar-refractivity contribution >= 4 is 5.96 Å². The fourth-order valence-electron chi connectivity index (χ4n) is 3.62. The minimum atomic E-state index is 0.200. The number of ether oxygens (including phenoxy) is 3. The van der Waals surface area contributed by atoms with E-state index in [1.165, 1.54) is 24.8 Å². The van der Waals surface area contributed by atoms with Crippen LogP contribution in [0.2, 0.25) is 0 Å². The molecule has 0 spiro atoms. The molecule has 0 amide bonds. The Kier molecular flexibility index (Phi) is 7.80. The van der Waals surface area contributed by atoms with Crippen molar-refractivity contribution in [1.29, 1.82) is 0 Å². The molecule has 1 saturated carbocycles. The van der Waals surface area contributed by atoms with E-state index in [2.05, 4.69) is 32.7 Å². The zero-order chi connectivity index (χ0) is 19.8. The van der Waals surface area contributed by atoms with Crippen LogP contribution in [0.15, 0.2) is 23.2 Å². The fourth-order valence-corrected chi connectivity index (χ4v) is 3.62. The average molecular weight is 391 g/mol. The quantitative estimate of drug-likeness (QED) is 0.497. The highest BCUT2D eigenvalue weighted by atomic mass is 16.5. The molecule has 7 heteroatoms. The molecule has 0 aromatic heterocycles. The maximum atomic E-state index is 5.55. The Morgan fingerprint density at radius 3 is 2.57 bits per heavy atom. The van der Waals surface area contributed by atoms with Gasteiger partial charge in [-0.2, -0.15) is 0 Å². The van der Waals surface area contributed by atoms with E-state index < -0.39 is 0 Å². The third-order valence-electron chi connectivity index (χ3n) is 5.51. The molecule has 0 radical (unpaired) electrons.